The number of imidazole rings is 1. The Morgan fingerprint density at radius 2 is 1.89 bits per heavy atom. The molecule has 3 N–H and O–H groups in total. The summed E-state index contributed by atoms with van der Waals surface area (Å²) in [5.41, 5.74) is 9.06. The number of aromatic nitrogens is 3. The maximum absolute atomic E-state index is 13.3. The number of anilines is 2. The number of amides is 2. The van der Waals surface area contributed by atoms with Gasteiger partial charge >= 0.3 is 5.69 Å². The number of piperidine rings is 2. The van der Waals surface area contributed by atoms with Gasteiger partial charge in [-0.05, 0) is 55.9 Å². The van der Waals surface area contributed by atoms with E-state index >= 15 is 0 Å². The van der Waals surface area contributed by atoms with Crippen LogP contribution in [0.1, 0.15) is 56.0 Å². The summed E-state index contributed by atoms with van der Waals surface area (Å²) in [7, 11) is 1.75. The number of carbonyl (C=O) groups is 2. The lowest BCUT2D eigenvalue weighted by Gasteiger charge is -2.46. The molecule has 2 atom stereocenters. The largest absolute Gasteiger partial charge is 0.384 e. The Balaban J connectivity index is 1.20. The van der Waals surface area contributed by atoms with Crippen molar-refractivity contribution in [1.29, 1.82) is 0 Å². The molecule has 5 heterocycles. The van der Waals surface area contributed by atoms with Crippen LogP contribution >= 0.6 is 0 Å². The number of nitrogen functional groups attached to an aromatic ring is 1. The average molecular weight is 505 g/mol. The zero-order chi connectivity index (χ0) is 25.7. The van der Waals surface area contributed by atoms with Crippen LogP contribution in [0.3, 0.4) is 0 Å². The first-order chi connectivity index (χ1) is 17.8. The van der Waals surface area contributed by atoms with Gasteiger partial charge in [-0.15, -0.1) is 0 Å². The normalized spacial score (nSPS) is 24.0. The number of hydrogen-bond donors (Lipinski definition) is 2. The van der Waals surface area contributed by atoms with Gasteiger partial charge in [0.15, 0.2) is 0 Å². The van der Waals surface area contributed by atoms with Crippen LogP contribution in [0.2, 0.25) is 0 Å². The number of aryl methyl sites for hydroxylation is 1. The molecule has 1 aromatic carbocycles. The highest BCUT2D eigenvalue weighted by atomic mass is 16.5. The van der Waals surface area contributed by atoms with Crippen LogP contribution in [0.5, 0.6) is 0 Å². The van der Waals surface area contributed by atoms with Crippen molar-refractivity contribution in [3.05, 3.63) is 52.6 Å². The molecule has 194 valence electrons. The Kier molecular flexibility index (Phi) is 5.78. The second-order valence-electron chi connectivity index (χ2n) is 10.6. The lowest BCUT2D eigenvalue weighted by molar-refractivity contribution is -0.135. The Morgan fingerprint density at radius 3 is 2.57 bits per heavy atom. The van der Waals surface area contributed by atoms with Crippen LogP contribution in [0.15, 0.2) is 41.3 Å². The number of benzene rings is 1. The molecule has 2 amide bonds. The van der Waals surface area contributed by atoms with Gasteiger partial charge in [-0.25, -0.2) is 9.78 Å². The molecule has 0 aliphatic carbocycles. The predicted molar refractivity (Wildman–Crippen MR) is 139 cm³/mol. The molecule has 0 bridgehead atoms. The molecule has 10 nitrogen and oxygen atoms in total. The van der Waals surface area contributed by atoms with E-state index in [9.17, 15) is 14.4 Å². The fourth-order valence-electron chi connectivity index (χ4n) is 6.24. The molecule has 3 saturated heterocycles. The van der Waals surface area contributed by atoms with E-state index in [1.54, 1.807) is 16.2 Å². The molecular weight excluding hydrogens is 472 g/mol. The summed E-state index contributed by atoms with van der Waals surface area (Å²) in [6.45, 7) is 2.33. The third-order valence-corrected chi connectivity index (χ3v) is 8.44. The number of ether oxygens (including phenoxy) is 1. The fraction of sp³-hybridized carbons (Fsp3) is 0.481. The third-order valence-electron chi connectivity index (χ3n) is 8.44. The Hall–Kier alpha value is -3.66. The smallest absolute Gasteiger partial charge is 0.329 e. The number of pyridine rings is 1. The van der Waals surface area contributed by atoms with Gasteiger partial charge in [0.2, 0.25) is 11.8 Å². The first kappa shape index (κ1) is 23.7. The standard InChI is InChI=1S/C27H32N6O4/c1-31-24-19(3-2-4-20(24)33(26(31)36)21-6-8-23(34)30-25(21)35)32-13-11-27(12-14-32)10-9-18(16-37-27)17-5-7-22(28)29-15-17/h2-5,7,15,18,21H,6,8-14,16H2,1H3,(H2,28,29)(H,30,34,35). The van der Waals surface area contributed by atoms with Crippen LogP contribution < -0.4 is 21.6 Å². The summed E-state index contributed by atoms with van der Waals surface area (Å²) in [4.78, 5) is 44.0. The van der Waals surface area contributed by atoms with Gasteiger partial charge in [-0.2, -0.15) is 0 Å². The number of nitrogens with two attached hydrogens (primary N) is 1. The maximum atomic E-state index is 13.3. The van der Waals surface area contributed by atoms with Gasteiger partial charge in [0.05, 0.1) is 28.9 Å². The molecule has 3 fully saturated rings. The number of nitrogens with zero attached hydrogens (tertiary/aromatic N) is 4. The summed E-state index contributed by atoms with van der Waals surface area (Å²) in [6, 6.07) is 9.06. The van der Waals surface area contributed by atoms with E-state index in [1.807, 2.05) is 36.5 Å². The highest BCUT2D eigenvalue weighted by Gasteiger charge is 2.40. The molecule has 0 saturated carbocycles. The second-order valence-corrected chi connectivity index (χ2v) is 10.6. The molecule has 37 heavy (non-hydrogen) atoms. The first-order valence-corrected chi connectivity index (χ1v) is 13.0. The number of imide groups is 1. The minimum absolute atomic E-state index is 0.118. The van der Waals surface area contributed by atoms with Crippen LogP contribution in [0.25, 0.3) is 11.0 Å². The van der Waals surface area contributed by atoms with E-state index in [2.05, 4.69) is 15.2 Å². The Bertz CT molecular complexity index is 1410. The van der Waals surface area contributed by atoms with Crippen molar-refractivity contribution in [3.8, 4) is 0 Å². The van der Waals surface area contributed by atoms with Gasteiger partial charge in [0.1, 0.15) is 11.9 Å². The molecule has 0 radical (unpaired) electrons. The van der Waals surface area contributed by atoms with E-state index < -0.39 is 11.9 Å². The summed E-state index contributed by atoms with van der Waals surface area (Å²) in [6.07, 6.45) is 6.30. The molecule has 6 rings (SSSR count). The number of rotatable bonds is 3. The number of carbonyl (C=O) groups excluding carboxylic acids is 2. The molecule has 2 aromatic heterocycles. The lowest BCUT2D eigenvalue weighted by Crippen LogP contribution is -2.48. The topological polar surface area (TPSA) is 124 Å². The highest BCUT2D eigenvalue weighted by molar-refractivity contribution is 6.00. The zero-order valence-corrected chi connectivity index (χ0v) is 21.0. The van der Waals surface area contributed by atoms with E-state index in [1.165, 1.54) is 5.56 Å². The molecule has 2 unspecified atom stereocenters. The molecule has 10 heteroatoms. The van der Waals surface area contributed by atoms with Gasteiger partial charge in [-0.1, -0.05) is 12.1 Å². The fourth-order valence-corrected chi connectivity index (χ4v) is 6.24. The summed E-state index contributed by atoms with van der Waals surface area (Å²) in [5.74, 6) is 0.161. The molecule has 3 aliphatic heterocycles. The Labute approximate surface area is 214 Å². The molecule has 3 aromatic rings. The van der Waals surface area contributed by atoms with Crippen molar-refractivity contribution in [2.75, 3.05) is 30.3 Å². The number of para-hydroxylation sites is 1. The highest BCUT2D eigenvalue weighted by Crippen LogP contribution is 2.41. The summed E-state index contributed by atoms with van der Waals surface area (Å²) < 4.78 is 9.68. The van der Waals surface area contributed by atoms with Crippen molar-refractivity contribution in [2.45, 2.75) is 56.1 Å². The van der Waals surface area contributed by atoms with E-state index in [0.29, 0.717) is 30.3 Å². The number of nitrogens with one attached hydrogen (secondary N) is 1. The quantitative estimate of drug-likeness (QED) is 0.524. The number of fused-ring (bicyclic) bond motifs is 1. The molecule has 3 aliphatic rings. The monoisotopic (exact) mass is 504 g/mol. The second kappa shape index (κ2) is 9.02. The number of hydrogen-bond acceptors (Lipinski definition) is 7. The molecular formula is C27H32N6O4. The summed E-state index contributed by atoms with van der Waals surface area (Å²) >= 11 is 0. The van der Waals surface area contributed by atoms with Crippen molar-refractivity contribution >= 4 is 34.4 Å². The minimum atomic E-state index is -0.686. The van der Waals surface area contributed by atoms with Crippen molar-refractivity contribution in [2.24, 2.45) is 7.05 Å². The van der Waals surface area contributed by atoms with Gasteiger partial charge in [0, 0.05) is 38.7 Å². The zero-order valence-electron chi connectivity index (χ0n) is 21.0. The van der Waals surface area contributed by atoms with E-state index in [-0.39, 0.29) is 23.6 Å². The summed E-state index contributed by atoms with van der Waals surface area (Å²) in [5, 5.41) is 2.38. The van der Waals surface area contributed by atoms with Crippen LogP contribution in [-0.2, 0) is 21.4 Å². The van der Waals surface area contributed by atoms with Gasteiger partial charge in [0.25, 0.3) is 0 Å². The molecule has 1 spiro atoms. The van der Waals surface area contributed by atoms with Crippen molar-refractivity contribution in [3.63, 3.8) is 0 Å². The van der Waals surface area contributed by atoms with E-state index in [4.69, 9.17) is 10.5 Å². The first-order valence-electron chi connectivity index (χ1n) is 13.0. The van der Waals surface area contributed by atoms with Gasteiger partial charge < -0.3 is 15.4 Å². The third kappa shape index (κ3) is 4.09. The van der Waals surface area contributed by atoms with Crippen LogP contribution in [0.4, 0.5) is 11.5 Å². The van der Waals surface area contributed by atoms with Crippen molar-refractivity contribution in [1.82, 2.24) is 19.4 Å². The lowest BCUT2D eigenvalue weighted by atomic mass is 9.80. The SMILES string of the molecule is Cn1c(=O)n(C2CCC(=O)NC2=O)c2cccc(N3CCC4(CCC(c5ccc(N)nc5)CO4)CC3)c21. The van der Waals surface area contributed by atoms with Crippen LogP contribution in [0, 0.1) is 0 Å². The maximum Gasteiger partial charge on any atom is 0.329 e. The average Bonchev–Trinajstić information content (AvgIpc) is 3.16. The minimum Gasteiger partial charge on any atom is -0.384 e. The van der Waals surface area contributed by atoms with Crippen LogP contribution in [-0.4, -0.2) is 51.2 Å². The van der Waals surface area contributed by atoms with Gasteiger partial charge in [-0.3, -0.25) is 24.0 Å². The van der Waals surface area contributed by atoms with Crippen molar-refractivity contribution < 1.29 is 14.3 Å². The predicted octanol–water partition coefficient (Wildman–Crippen LogP) is 2.23. The Morgan fingerprint density at radius 1 is 1.08 bits per heavy atom. The van der Waals surface area contributed by atoms with E-state index in [0.717, 1.165) is 50.0 Å².